The summed E-state index contributed by atoms with van der Waals surface area (Å²) < 4.78 is 0. The van der Waals surface area contributed by atoms with Gasteiger partial charge in [0.15, 0.2) is 5.16 Å². The molecule has 0 saturated carbocycles. The van der Waals surface area contributed by atoms with Gasteiger partial charge in [0, 0.05) is 16.3 Å². The van der Waals surface area contributed by atoms with Crippen LogP contribution < -0.4 is 0 Å². The number of nitrogens with zero attached hydrogens (tertiary/aromatic N) is 2. The Hall–Kier alpha value is -1.88. The minimum Gasteiger partial charge on any atom is -0.478 e. The number of carbonyl (C=O) groups is 1. The van der Waals surface area contributed by atoms with Crippen molar-refractivity contribution in [1.29, 1.82) is 0 Å². The lowest BCUT2D eigenvalue weighted by atomic mass is 10.1. The number of hydrogen-bond acceptors (Lipinski definition) is 4. The van der Waals surface area contributed by atoms with Gasteiger partial charge in [-0.2, -0.15) is 0 Å². The maximum Gasteiger partial charge on any atom is 0.335 e. The molecule has 2 rings (SSSR count). The van der Waals surface area contributed by atoms with E-state index in [0.717, 1.165) is 16.3 Å². The summed E-state index contributed by atoms with van der Waals surface area (Å²) in [6.07, 6.45) is 0. The van der Waals surface area contributed by atoms with Gasteiger partial charge in [0.2, 0.25) is 0 Å². The standard InChI is InChI=1S/C15H16N2O2S/c1-9(2)13-7-10(3)16-15(17-13)20-12-6-4-5-11(8-12)14(18)19/h4-9H,1-3H3,(H,18,19). The van der Waals surface area contributed by atoms with Gasteiger partial charge in [0.1, 0.15) is 0 Å². The minimum atomic E-state index is -0.930. The SMILES string of the molecule is Cc1cc(C(C)C)nc(Sc2cccc(C(=O)O)c2)n1. The lowest BCUT2D eigenvalue weighted by molar-refractivity contribution is 0.0696. The van der Waals surface area contributed by atoms with Crippen molar-refractivity contribution in [3.05, 3.63) is 47.3 Å². The zero-order valence-electron chi connectivity index (χ0n) is 11.6. The highest BCUT2D eigenvalue weighted by Gasteiger charge is 2.09. The highest BCUT2D eigenvalue weighted by Crippen LogP contribution is 2.27. The Bertz CT molecular complexity index is 642. The monoisotopic (exact) mass is 288 g/mol. The van der Waals surface area contributed by atoms with Gasteiger partial charge in [-0.15, -0.1) is 0 Å². The number of carboxylic acid groups (broad SMARTS) is 1. The minimum absolute atomic E-state index is 0.270. The summed E-state index contributed by atoms with van der Waals surface area (Å²) >= 11 is 1.38. The van der Waals surface area contributed by atoms with Crippen LogP contribution in [0.1, 0.15) is 41.5 Å². The predicted molar refractivity (Wildman–Crippen MR) is 78.4 cm³/mol. The predicted octanol–water partition coefficient (Wildman–Crippen LogP) is 3.76. The molecule has 1 aromatic carbocycles. The van der Waals surface area contributed by atoms with Crippen molar-refractivity contribution in [2.24, 2.45) is 0 Å². The smallest absolute Gasteiger partial charge is 0.335 e. The van der Waals surface area contributed by atoms with Crippen molar-refractivity contribution in [3.63, 3.8) is 0 Å². The Morgan fingerprint density at radius 1 is 1.25 bits per heavy atom. The van der Waals surface area contributed by atoms with Crippen LogP contribution in [0.25, 0.3) is 0 Å². The molecule has 0 spiro atoms. The zero-order chi connectivity index (χ0) is 14.7. The molecule has 0 bridgehead atoms. The van der Waals surface area contributed by atoms with Crippen LogP contribution in [0.5, 0.6) is 0 Å². The molecule has 1 heterocycles. The first-order valence-electron chi connectivity index (χ1n) is 6.32. The molecular weight excluding hydrogens is 272 g/mol. The summed E-state index contributed by atoms with van der Waals surface area (Å²) in [5.41, 5.74) is 2.18. The van der Waals surface area contributed by atoms with Crippen LogP contribution in [0.4, 0.5) is 0 Å². The van der Waals surface area contributed by atoms with Gasteiger partial charge in [0.05, 0.1) is 5.56 Å². The van der Waals surface area contributed by atoms with E-state index in [1.54, 1.807) is 18.2 Å². The lowest BCUT2D eigenvalue weighted by Crippen LogP contribution is -1.99. The largest absolute Gasteiger partial charge is 0.478 e. The number of benzene rings is 1. The molecule has 0 aliphatic heterocycles. The number of carboxylic acids is 1. The summed E-state index contributed by atoms with van der Waals surface area (Å²) in [4.78, 5) is 20.7. The molecule has 0 fully saturated rings. The van der Waals surface area contributed by atoms with E-state index in [1.807, 2.05) is 19.1 Å². The van der Waals surface area contributed by atoms with E-state index >= 15 is 0 Å². The molecule has 1 N–H and O–H groups in total. The summed E-state index contributed by atoms with van der Waals surface area (Å²) in [7, 11) is 0. The van der Waals surface area contributed by atoms with Crippen molar-refractivity contribution < 1.29 is 9.90 Å². The van der Waals surface area contributed by atoms with Crippen LogP contribution in [0.2, 0.25) is 0 Å². The molecule has 0 saturated heterocycles. The second-order valence-corrected chi connectivity index (χ2v) is 5.85. The molecule has 0 unspecified atom stereocenters. The van der Waals surface area contributed by atoms with Crippen molar-refractivity contribution >= 4 is 17.7 Å². The maximum atomic E-state index is 11.0. The third-order valence-electron chi connectivity index (χ3n) is 2.74. The van der Waals surface area contributed by atoms with Crippen molar-refractivity contribution in [2.45, 2.75) is 36.7 Å². The summed E-state index contributed by atoms with van der Waals surface area (Å²) in [5, 5.41) is 9.65. The first-order chi connectivity index (χ1) is 9.45. The molecule has 0 aliphatic carbocycles. The molecule has 5 heteroatoms. The van der Waals surface area contributed by atoms with Gasteiger partial charge in [-0.1, -0.05) is 19.9 Å². The van der Waals surface area contributed by atoms with E-state index in [4.69, 9.17) is 5.11 Å². The van der Waals surface area contributed by atoms with Gasteiger partial charge < -0.3 is 5.11 Å². The molecule has 2 aromatic rings. The van der Waals surface area contributed by atoms with Crippen molar-refractivity contribution in [1.82, 2.24) is 9.97 Å². The quantitative estimate of drug-likeness (QED) is 0.868. The van der Waals surface area contributed by atoms with E-state index in [1.165, 1.54) is 11.8 Å². The fourth-order valence-corrected chi connectivity index (χ4v) is 2.59. The number of aryl methyl sites for hydroxylation is 1. The van der Waals surface area contributed by atoms with Crippen LogP contribution in [0.3, 0.4) is 0 Å². The van der Waals surface area contributed by atoms with Crippen molar-refractivity contribution in [3.8, 4) is 0 Å². The first-order valence-corrected chi connectivity index (χ1v) is 7.14. The normalized spacial score (nSPS) is 10.8. The van der Waals surface area contributed by atoms with Crippen LogP contribution in [-0.2, 0) is 0 Å². The highest BCUT2D eigenvalue weighted by atomic mass is 32.2. The fraction of sp³-hybridized carbons (Fsp3) is 0.267. The number of aromatic nitrogens is 2. The van der Waals surface area contributed by atoms with Crippen LogP contribution >= 0.6 is 11.8 Å². The van der Waals surface area contributed by atoms with Gasteiger partial charge in [-0.25, -0.2) is 14.8 Å². The number of hydrogen-bond donors (Lipinski definition) is 1. The average molecular weight is 288 g/mol. The molecule has 0 atom stereocenters. The summed E-state index contributed by atoms with van der Waals surface area (Å²) in [5.74, 6) is -0.595. The number of rotatable bonds is 4. The second kappa shape index (κ2) is 6.05. The molecule has 0 aliphatic rings. The molecule has 0 radical (unpaired) electrons. The van der Waals surface area contributed by atoms with Gasteiger partial charge in [0.25, 0.3) is 0 Å². The third-order valence-corrected chi connectivity index (χ3v) is 3.59. The average Bonchev–Trinajstić information content (AvgIpc) is 2.38. The number of aromatic carboxylic acids is 1. The van der Waals surface area contributed by atoms with Crippen LogP contribution in [0, 0.1) is 6.92 Å². The van der Waals surface area contributed by atoms with Crippen LogP contribution in [-0.4, -0.2) is 21.0 Å². The second-order valence-electron chi connectivity index (χ2n) is 4.81. The van der Waals surface area contributed by atoms with E-state index in [2.05, 4.69) is 23.8 Å². The summed E-state index contributed by atoms with van der Waals surface area (Å²) in [6, 6.07) is 8.77. The molecule has 104 valence electrons. The molecule has 1 aromatic heterocycles. The fourth-order valence-electron chi connectivity index (χ4n) is 1.70. The highest BCUT2D eigenvalue weighted by molar-refractivity contribution is 7.99. The van der Waals surface area contributed by atoms with Gasteiger partial charge in [-0.05, 0) is 48.9 Å². The van der Waals surface area contributed by atoms with Gasteiger partial charge >= 0.3 is 5.97 Å². The molecule has 20 heavy (non-hydrogen) atoms. The third kappa shape index (κ3) is 3.57. The van der Waals surface area contributed by atoms with E-state index < -0.39 is 5.97 Å². The van der Waals surface area contributed by atoms with E-state index in [-0.39, 0.29) is 5.56 Å². The van der Waals surface area contributed by atoms with Crippen LogP contribution in [0.15, 0.2) is 40.4 Å². The lowest BCUT2D eigenvalue weighted by Gasteiger charge is -2.08. The molecular formula is C15H16N2O2S. The van der Waals surface area contributed by atoms with Crippen molar-refractivity contribution in [2.75, 3.05) is 0 Å². The zero-order valence-corrected chi connectivity index (χ0v) is 12.4. The first kappa shape index (κ1) is 14.5. The Balaban J connectivity index is 2.30. The Morgan fingerprint density at radius 3 is 2.65 bits per heavy atom. The van der Waals surface area contributed by atoms with E-state index in [0.29, 0.717) is 11.1 Å². The molecule has 4 nitrogen and oxygen atoms in total. The Kier molecular flexibility index (Phi) is 4.39. The Labute approximate surface area is 122 Å². The van der Waals surface area contributed by atoms with E-state index in [9.17, 15) is 4.79 Å². The van der Waals surface area contributed by atoms with Gasteiger partial charge in [-0.3, -0.25) is 0 Å². The topological polar surface area (TPSA) is 63.1 Å². The molecule has 0 amide bonds. The summed E-state index contributed by atoms with van der Waals surface area (Å²) in [6.45, 7) is 6.10. The Morgan fingerprint density at radius 2 is 2.00 bits per heavy atom. The maximum absolute atomic E-state index is 11.0.